The molecule has 0 saturated heterocycles. The minimum absolute atomic E-state index is 0.0367. The summed E-state index contributed by atoms with van der Waals surface area (Å²) in [6, 6.07) is 4.02. The van der Waals surface area contributed by atoms with Crippen LogP contribution in [0.3, 0.4) is 0 Å². The Bertz CT molecular complexity index is 809. The fourth-order valence-corrected chi connectivity index (χ4v) is 3.69. The Labute approximate surface area is 144 Å². The van der Waals surface area contributed by atoms with Crippen molar-refractivity contribution in [3.8, 4) is 10.7 Å². The van der Waals surface area contributed by atoms with E-state index in [1.807, 2.05) is 24.4 Å². The molecule has 0 saturated carbocycles. The molecule has 24 heavy (non-hydrogen) atoms. The van der Waals surface area contributed by atoms with Crippen molar-refractivity contribution in [1.82, 2.24) is 30.2 Å². The number of aromatic nitrogens is 5. The molecule has 3 aromatic heterocycles. The monoisotopic (exact) mass is 344 g/mol. The predicted molar refractivity (Wildman–Crippen MR) is 90.6 cm³/mol. The molecule has 0 fully saturated rings. The first-order valence-corrected chi connectivity index (χ1v) is 9.08. The molecule has 0 aromatic carbocycles. The first-order chi connectivity index (χ1) is 11.7. The molecule has 4 rings (SSSR count). The van der Waals surface area contributed by atoms with E-state index < -0.39 is 0 Å². The second kappa shape index (κ2) is 6.45. The van der Waals surface area contributed by atoms with Crippen molar-refractivity contribution in [2.75, 3.05) is 6.54 Å². The number of nitrogens with one attached hydrogen (secondary N) is 1. The summed E-state index contributed by atoms with van der Waals surface area (Å²) in [5.41, 5.74) is 0. The Morgan fingerprint density at radius 2 is 2.38 bits per heavy atom. The van der Waals surface area contributed by atoms with Crippen LogP contribution in [0.25, 0.3) is 10.7 Å². The van der Waals surface area contributed by atoms with Gasteiger partial charge in [-0.15, -0.1) is 21.5 Å². The van der Waals surface area contributed by atoms with Gasteiger partial charge < -0.3 is 14.4 Å². The van der Waals surface area contributed by atoms with Crippen molar-refractivity contribution in [2.45, 2.75) is 39.3 Å². The zero-order valence-corrected chi connectivity index (χ0v) is 14.6. The van der Waals surface area contributed by atoms with Crippen molar-refractivity contribution in [3.05, 3.63) is 35.1 Å². The van der Waals surface area contributed by atoms with Gasteiger partial charge in [0.2, 0.25) is 11.7 Å². The fourth-order valence-electron chi connectivity index (χ4n) is 3.04. The van der Waals surface area contributed by atoms with Gasteiger partial charge in [-0.25, -0.2) is 0 Å². The number of hydrogen-bond acceptors (Lipinski definition) is 7. The van der Waals surface area contributed by atoms with Gasteiger partial charge in [-0.3, -0.25) is 0 Å². The van der Waals surface area contributed by atoms with Gasteiger partial charge in [0, 0.05) is 19.5 Å². The van der Waals surface area contributed by atoms with E-state index in [1.54, 1.807) is 11.3 Å². The number of fused-ring (bicyclic) bond motifs is 1. The molecular weight excluding hydrogens is 324 g/mol. The molecule has 1 aliphatic heterocycles. The maximum atomic E-state index is 5.41. The van der Waals surface area contributed by atoms with Crippen LogP contribution < -0.4 is 5.32 Å². The van der Waals surface area contributed by atoms with E-state index in [1.165, 1.54) is 0 Å². The zero-order valence-electron chi connectivity index (χ0n) is 13.8. The smallest absolute Gasteiger partial charge is 0.243 e. The van der Waals surface area contributed by atoms with Gasteiger partial charge >= 0.3 is 0 Å². The van der Waals surface area contributed by atoms with E-state index in [2.05, 4.69) is 37.1 Å². The molecule has 1 aliphatic rings. The van der Waals surface area contributed by atoms with Crippen molar-refractivity contribution < 1.29 is 4.52 Å². The molecule has 0 amide bonds. The summed E-state index contributed by atoms with van der Waals surface area (Å²) in [6.45, 7) is 5.95. The van der Waals surface area contributed by atoms with Gasteiger partial charge in [-0.2, -0.15) is 4.98 Å². The number of nitrogens with zero attached hydrogens (tertiary/aromatic N) is 5. The van der Waals surface area contributed by atoms with Crippen LogP contribution in [-0.4, -0.2) is 31.4 Å². The van der Waals surface area contributed by atoms with Crippen molar-refractivity contribution in [1.29, 1.82) is 0 Å². The second-order valence-electron chi connectivity index (χ2n) is 6.24. The molecule has 3 aromatic rings. The Morgan fingerprint density at radius 1 is 1.46 bits per heavy atom. The highest BCUT2D eigenvalue weighted by Gasteiger charge is 2.23. The molecule has 8 heteroatoms. The van der Waals surface area contributed by atoms with Gasteiger partial charge in [0.15, 0.2) is 0 Å². The molecule has 0 bridgehead atoms. The summed E-state index contributed by atoms with van der Waals surface area (Å²) in [5.74, 6) is 3.97. The zero-order chi connectivity index (χ0) is 16.5. The molecule has 0 radical (unpaired) electrons. The van der Waals surface area contributed by atoms with E-state index in [4.69, 9.17) is 4.52 Å². The van der Waals surface area contributed by atoms with Gasteiger partial charge in [0.25, 0.3) is 0 Å². The summed E-state index contributed by atoms with van der Waals surface area (Å²) >= 11 is 1.61. The maximum absolute atomic E-state index is 5.41. The Morgan fingerprint density at radius 3 is 3.21 bits per heavy atom. The van der Waals surface area contributed by atoms with Gasteiger partial charge in [-0.05, 0) is 37.6 Å². The topological polar surface area (TPSA) is 81.7 Å². The average molecular weight is 344 g/mol. The fraction of sp³-hybridized carbons (Fsp3) is 0.500. The van der Waals surface area contributed by atoms with E-state index in [0.29, 0.717) is 17.6 Å². The van der Waals surface area contributed by atoms with Crippen LogP contribution in [0.5, 0.6) is 0 Å². The highest BCUT2D eigenvalue weighted by atomic mass is 32.1. The van der Waals surface area contributed by atoms with Crippen LogP contribution in [0, 0.1) is 12.8 Å². The lowest BCUT2D eigenvalue weighted by Crippen LogP contribution is -2.32. The van der Waals surface area contributed by atoms with Crippen LogP contribution in [0.4, 0.5) is 0 Å². The van der Waals surface area contributed by atoms with Crippen LogP contribution in [0.15, 0.2) is 22.0 Å². The lowest BCUT2D eigenvalue weighted by atomic mass is 9.99. The summed E-state index contributed by atoms with van der Waals surface area (Å²) in [5, 5.41) is 18.0. The first-order valence-electron chi connectivity index (χ1n) is 8.20. The first kappa shape index (κ1) is 15.5. The lowest BCUT2D eigenvalue weighted by Gasteiger charge is -2.25. The van der Waals surface area contributed by atoms with Gasteiger partial charge in [0.05, 0.1) is 10.9 Å². The minimum atomic E-state index is 0.0367. The van der Waals surface area contributed by atoms with E-state index >= 15 is 0 Å². The van der Waals surface area contributed by atoms with E-state index in [0.717, 1.165) is 42.5 Å². The Balaban J connectivity index is 1.36. The third kappa shape index (κ3) is 2.99. The lowest BCUT2D eigenvalue weighted by molar-refractivity contribution is 0.301. The molecule has 126 valence electrons. The van der Waals surface area contributed by atoms with Crippen molar-refractivity contribution in [2.24, 2.45) is 5.92 Å². The summed E-state index contributed by atoms with van der Waals surface area (Å²) in [4.78, 5) is 5.53. The van der Waals surface area contributed by atoms with Gasteiger partial charge in [0.1, 0.15) is 11.6 Å². The normalized spacial score (nSPS) is 18.5. The Kier molecular flexibility index (Phi) is 4.15. The van der Waals surface area contributed by atoms with Crippen LogP contribution >= 0.6 is 11.3 Å². The minimum Gasteiger partial charge on any atom is -0.337 e. The SMILES string of the molecule is Cc1nnc2n1CC(CNC(C)c1nc(-c3cccs3)no1)CC2. The molecule has 1 N–H and O–H groups in total. The predicted octanol–water partition coefficient (Wildman–Crippen LogP) is 2.61. The second-order valence-corrected chi connectivity index (χ2v) is 7.19. The molecule has 2 atom stereocenters. The maximum Gasteiger partial charge on any atom is 0.243 e. The van der Waals surface area contributed by atoms with Crippen molar-refractivity contribution >= 4 is 11.3 Å². The third-order valence-electron chi connectivity index (χ3n) is 4.50. The third-order valence-corrected chi connectivity index (χ3v) is 5.36. The number of aryl methyl sites for hydroxylation is 2. The molecule has 0 spiro atoms. The van der Waals surface area contributed by atoms with Crippen molar-refractivity contribution in [3.63, 3.8) is 0 Å². The Hall–Kier alpha value is -2.06. The van der Waals surface area contributed by atoms with Crippen LogP contribution in [0.1, 0.15) is 36.9 Å². The highest BCUT2D eigenvalue weighted by molar-refractivity contribution is 7.13. The highest BCUT2D eigenvalue weighted by Crippen LogP contribution is 2.24. The molecular formula is C16H20N6OS. The number of rotatable bonds is 5. The largest absolute Gasteiger partial charge is 0.337 e. The molecule has 7 nitrogen and oxygen atoms in total. The van der Waals surface area contributed by atoms with E-state index in [-0.39, 0.29) is 6.04 Å². The quantitative estimate of drug-likeness (QED) is 0.766. The molecule has 4 heterocycles. The standard InChI is InChI=1S/C16H20N6OS/c1-10(16-18-15(21-23-16)13-4-3-7-24-13)17-8-12-5-6-14-20-19-11(2)22(14)9-12/h3-4,7,10,12,17H,5-6,8-9H2,1-2H3. The van der Waals surface area contributed by atoms with E-state index in [9.17, 15) is 0 Å². The van der Waals surface area contributed by atoms with Crippen LogP contribution in [0.2, 0.25) is 0 Å². The number of hydrogen-bond donors (Lipinski definition) is 1. The molecule has 0 aliphatic carbocycles. The van der Waals surface area contributed by atoms with Crippen LogP contribution in [-0.2, 0) is 13.0 Å². The van der Waals surface area contributed by atoms with Gasteiger partial charge in [-0.1, -0.05) is 11.2 Å². The summed E-state index contributed by atoms with van der Waals surface area (Å²) < 4.78 is 7.64. The molecule has 2 unspecified atom stereocenters. The average Bonchev–Trinajstić information content (AvgIpc) is 3.33. The number of thiophene rings is 1. The summed E-state index contributed by atoms with van der Waals surface area (Å²) in [6.07, 6.45) is 2.12. The summed E-state index contributed by atoms with van der Waals surface area (Å²) in [7, 11) is 0.